The minimum Gasteiger partial charge on any atom is -0.274 e. The van der Waals surface area contributed by atoms with Gasteiger partial charge in [-0.3, -0.25) is 14.6 Å². The van der Waals surface area contributed by atoms with Crippen LogP contribution in [0.1, 0.15) is 28.2 Å². The molecule has 4 aromatic carbocycles. The molecule has 0 N–H and O–H groups in total. The summed E-state index contributed by atoms with van der Waals surface area (Å²) in [6, 6.07) is 30.5. The molecule has 3 aliphatic carbocycles. The van der Waals surface area contributed by atoms with E-state index in [-0.39, 0.29) is 17.7 Å². The first-order valence-corrected chi connectivity index (χ1v) is 12.9. The Morgan fingerprint density at radius 2 is 1.41 bits per heavy atom. The van der Waals surface area contributed by atoms with Crippen LogP contribution in [0, 0.1) is 11.8 Å². The monoisotopic (exact) mass is 522 g/mol. The van der Waals surface area contributed by atoms with Gasteiger partial charge in [0, 0.05) is 17.2 Å². The van der Waals surface area contributed by atoms with Crippen LogP contribution in [0.15, 0.2) is 102 Å². The molecule has 4 nitrogen and oxygen atoms in total. The van der Waals surface area contributed by atoms with E-state index in [1.54, 1.807) is 36.4 Å². The summed E-state index contributed by atoms with van der Waals surface area (Å²) in [5.41, 5.74) is 4.30. The first-order valence-electron chi connectivity index (χ1n) is 12.1. The van der Waals surface area contributed by atoms with Crippen LogP contribution in [0.25, 0.3) is 0 Å². The Morgan fingerprint density at radius 1 is 0.757 bits per heavy atom. The quantitative estimate of drug-likeness (QED) is 0.216. The van der Waals surface area contributed by atoms with Crippen molar-refractivity contribution in [2.45, 2.75) is 11.3 Å². The van der Waals surface area contributed by atoms with Crippen LogP contribution in [0.5, 0.6) is 0 Å². The van der Waals surface area contributed by atoms with Gasteiger partial charge in [-0.05, 0) is 52.6 Å². The van der Waals surface area contributed by atoms with Gasteiger partial charge in [0.15, 0.2) is 0 Å². The number of benzene rings is 4. The maximum atomic E-state index is 14.3. The molecule has 180 valence electrons. The molecule has 2 amide bonds. The molecule has 1 fully saturated rings. The Kier molecular flexibility index (Phi) is 4.94. The van der Waals surface area contributed by atoms with Crippen molar-refractivity contribution in [1.82, 2.24) is 0 Å². The fourth-order valence-corrected chi connectivity index (χ4v) is 7.06. The van der Waals surface area contributed by atoms with Crippen molar-refractivity contribution in [2.75, 3.05) is 4.90 Å². The maximum absolute atomic E-state index is 14.3. The summed E-state index contributed by atoms with van der Waals surface area (Å²) < 4.78 is 0. The third kappa shape index (κ3) is 3.00. The van der Waals surface area contributed by atoms with E-state index in [0.29, 0.717) is 21.4 Å². The second-order valence-electron chi connectivity index (χ2n) is 9.73. The number of anilines is 1. The Morgan fingerprint density at radius 3 is 2.08 bits per heavy atom. The van der Waals surface area contributed by atoms with Gasteiger partial charge in [-0.15, -0.1) is 0 Å². The van der Waals surface area contributed by atoms with E-state index in [0.717, 1.165) is 22.3 Å². The Hall–Kier alpha value is -3.73. The normalized spacial score (nSPS) is 25.4. The first-order chi connectivity index (χ1) is 18.0. The number of aliphatic imine (C=N–C) groups is 1. The van der Waals surface area contributed by atoms with Crippen molar-refractivity contribution in [3.8, 4) is 0 Å². The molecule has 0 spiro atoms. The zero-order valence-electron chi connectivity index (χ0n) is 19.5. The van der Waals surface area contributed by atoms with Crippen LogP contribution in [-0.2, 0) is 15.0 Å². The predicted octanol–water partition coefficient (Wildman–Crippen LogP) is 6.95. The number of para-hydroxylation sites is 1. The molecule has 1 saturated heterocycles. The van der Waals surface area contributed by atoms with Crippen LogP contribution in [0.3, 0.4) is 0 Å². The predicted molar refractivity (Wildman–Crippen MR) is 146 cm³/mol. The van der Waals surface area contributed by atoms with Gasteiger partial charge in [-0.25, -0.2) is 4.90 Å². The molecular weight excluding hydrogens is 503 g/mol. The van der Waals surface area contributed by atoms with Crippen molar-refractivity contribution in [2.24, 2.45) is 16.8 Å². The van der Waals surface area contributed by atoms with Gasteiger partial charge in [0.2, 0.25) is 11.8 Å². The van der Waals surface area contributed by atoms with E-state index in [2.05, 4.69) is 24.3 Å². The molecule has 6 heteroatoms. The number of hydrogen-bond donors (Lipinski definition) is 0. The van der Waals surface area contributed by atoms with E-state index in [1.807, 2.05) is 42.6 Å². The van der Waals surface area contributed by atoms with Crippen molar-refractivity contribution in [3.63, 3.8) is 0 Å². The number of carbonyl (C=O) groups is 2. The van der Waals surface area contributed by atoms with Gasteiger partial charge in [-0.2, -0.15) is 0 Å². The van der Waals surface area contributed by atoms with Crippen molar-refractivity contribution < 1.29 is 9.59 Å². The molecular formula is C31H20Cl2N2O2. The van der Waals surface area contributed by atoms with Crippen LogP contribution >= 0.6 is 23.2 Å². The Balaban J connectivity index is 1.52. The fourth-order valence-electron chi connectivity index (χ4n) is 6.65. The van der Waals surface area contributed by atoms with Crippen molar-refractivity contribution in [3.05, 3.63) is 129 Å². The largest absolute Gasteiger partial charge is 0.274 e. The number of imide groups is 1. The highest BCUT2D eigenvalue weighted by Gasteiger charge is 2.68. The summed E-state index contributed by atoms with van der Waals surface area (Å²) in [7, 11) is 0. The molecule has 0 aromatic heterocycles. The average Bonchev–Trinajstić information content (AvgIpc) is 3.19. The summed E-state index contributed by atoms with van der Waals surface area (Å²) in [4.78, 5) is 34.7. The maximum Gasteiger partial charge on any atom is 0.239 e. The molecule has 4 aliphatic rings. The molecule has 0 unspecified atom stereocenters. The first kappa shape index (κ1) is 22.5. The zero-order valence-corrected chi connectivity index (χ0v) is 21.0. The zero-order chi connectivity index (χ0) is 25.3. The molecule has 4 aromatic rings. The lowest BCUT2D eigenvalue weighted by Crippen LogP contribution is -2.54. The lowest BCUT2D eigenvalue weighted by molar-refractivity contribution is -0.122. The highest BCUT2D eigenvalue weighted by molar-refractivity contribution is 6.36. The lowest BCUT2D eigenvalue weighted by Gasteiger charge is -2.52. The number of halogens is 2. The number of carbonyl (C=O) groups excluding carboxylic acids is 2. The number of hydrogen-bond acceptors (Lipinski definition) is 3. The molecule has 1 aliphatic heterocycles. The van der Waals surface area contributed by atoms with Crippen LogP contribution in [0.2, 0.25) is 10.0 Å². The minimum absolute atomic E-state index is 0.224. The van der Waals surface area contributed by atoms with Gasteiger partial charge in [0.25, 0.3) is 0 Å². The topological polar surface area (TPSA) is 49.7 Å². The SMILES string of the molecule is O=C1[C@@H]2C3c4ccccc4C(C=Nc4cccc(Cl)c4)(c4ccccc43)[C@@H]2C(=O)N1c1ccccc1Cl. The summed E-state index contributed by atoms with van der Waals surface area (Å²) in [5, 5.41) is 0.946. The van der Waals surface area contributed by atoms with Gasteiger partial charge in [-0.1, -0.05) is 89.9 Å². The van der Waals surface area contributed by atoms with Crippen LogP contribution in [0.4, 0.5) is 11.4 Å². The summed E-state index contributed by atoms with van der Waals surface area (Å²) in [6.45, 7) is 0. The summed E-state index contributed by atoms with van der Waals surface area (Å²) in [5.74, 6) is -1.94. The standard InChI is InChI=1S/C31H20Cl2N2O2/c32-18-8-7-9-19(16-18)34-17-31-22-12-3-1-10-20(22)26(21-11-2-4-13-23(21)31)27-28(31)30(37)35(29(27)36)25-15-6-5-14-24(25)33/h1-17,26-28H/t26?,27-,28+,31?/m1/s1. The molecule has 1 heterocycles. The van der Waals surface area contributed by atoms with E-state index in [1.165, 1.54) is 4.90 Å². The summed E-state index contributed by atoms with van der Waals surface area (Å²) >= 11 is 12.8. The molecule has 2 bridgehead atoms. The van der Waals surface area contributed by atoms with Gasteiger partial charge in [0.1, 0.15) is 0 Å². The average molecular weight is 523 g/mol. The third-order valence-electron chi connectivity index (χ3n) is 8.00. The summed E-state index contributed by atoms with van der Waals surface area (Å²) in [6.07, 6.45) is 1.87. The van der Waals surface area contributed by atoms with E-state index >= 15 is 0 Å². The van der Waals surface area contributed by atoms with Crippen molar-refractivity contribution in [1.29, 1.82) is 0 Å². The van der Waals surface area contributed by atoms with Crippen LogP contribution in [-0.4, -0.2) is 18.0 Å². The number of rotatable bonds is 3. The third-order valence-corrected chi connectivity index (χ3v) is 8.56. The van der Waals surface area contributed by atoms with E-state index < -0.39 is 17.3 Å². The van der Waals surface area contributed by atoms with Gasteiger partial charge < -0.3 is 0 Å². The molecule has 0 saturated carbocycles. The molecule has 2 atom stereocenters. The molecule has 37 heavy (non-hydrogen) atoms. The molecule has 0 radical (unpaired) electrons. The van der Waals surface area contributed by atoms with E-state index in [9.17, 15) is 9.59 Å². The van der Waals surface area contributed by atoms with E-state index in [4.69, 9.17) is 28.2 Å². The fraction of sp³-hybridized carbons (Fsp3) is 0.129. The second-order valence-corrected chi connectivity index (χ2v) is 10.6. The second kappa shape index (κ2) is 8.14. The number of amides is 2. The van der Waals surface area contributed by atoms with Gasteiger partial charge in [0.05, 0.1) is 33.6 Å². The molecule has 8 rings (SSSR count). The smallest absolute Gasteiger partial charge is 0.239 e. The Bertz CT molecular complexity index is 1600. The Labute approximate surface area is 224 Å². The minimum atomic E-state index is -0.933. The van der Waals surface area contributed by atoms with Crippen molar-refractivity contribution >= 4 is 52.6 Å². The lowest BCUT2D eigenvalue weighted by atomic mass is 9.47. The van der Waals surface area contributed by atoms with Crippen LogP contribution < -0.4 is 4.90 Å². The highest BCUT2D eigenvalue weighted by Crippen LogP contribution is 2.64. The highest BCUT2D eigenvalue weighted by atomic mass is 35.5. The van der Waals surface area contributed by atoms with Gasteiger partial charge >= 0.3 is 0 Å². The number of nitrogens with zero attached hydrogens (tertiary/aromatic N) is 2.